The van der Waals surface area contributed by atoms with Gasteiger partial charge in [0.05, 0.1) is 16.3 Å². The number of aromatic nitrogens is 1. The first-order valence-electron chi connectivity index (χ1n) is 10.0. The summed E-state index contributed by atoms with van der Waals surface area (Å²) in [4.78, 5) is 29.5. The summed E-state index contributed by atoms with van der Waals surface area (Å²) in [5, 5.41) is 5.71. The molecule has 0 bridgehead atoms. The Morgan fingerprint density at radius 1 is 1.12 bits per heavy atom. The van der Waals surface area contributed by atoms with Crippen molar-refractivity contribution in [2.24, 2.45) is 0 Å². The number of rotatable bonds is 11. The van der Waals surface area contributed by atoms with E-state index in [1.807, 2.05) is 24.4 Å². The van der Waals surface area contributed by atoms with Crippen LogP contribution in [0, 0.1) is 6.92 Å². The molecule has 1 N–H and O–H groups in total. The van der Waals surface area contributed by atoms with Crippen LogP contribution in [0.25, 0.3) is 0 Å². The van der Waals surface area contributed by atoms with Gasteiger partial charge in [0.25, 0.3) is 5.91 Å². The molecule has 3 rings (SSSR count). The predicted octanol–water partition coefficient (Wildman–Crippen LogP) is 4.86. The maximum Gasteiger partial charge on any atom is 0.387 e. The molecule has 0 aliphatic rings. The van der Waals surface area contributed by atoms with Gasteiger partial charge in [-0.05, 0) is 55.3 Å². The molecular weight excluding hydrogens is 470 g/mol. The van der Waals surface area contributed by atoms with Crippen molar-refractivity contribution in [3.05, 3.63) is 75.7 Å². The summed E-state index contributed by atoms with van der Waals surface area (Å²) in [5.74, 6) is -0.175. The molecule has 1 amide bonds. The van der Waals surface area contributed by atoms with Gasteiger partial charge in [0.2, 0.25) is 0 Å². The van der Waals surface area contributed by atoms with Crippen molar-refractivity contribution in [2.45, 2.75) is 30.6 Å². The molecule has 174 valence electrons. The van der Waals surface area contributed by atoms with Crippen molar-refractivity contribution in [1.29, 1.82) is 0 Å². The number of thiazole rings is 1. The Kier molecular flexibility index (Phi) is 9.20. The SMILES string of the molecule is Cc1nc(CSc2ccc(C(=O)OCC(=O)NCCc3ccc(OC(F)F)cc3)cc2)cs1. The van der Waals surface area contributed by atoms with Gasteiger partial charge in [0, 0.05) is 22.6 Å². The molecule has 0 aliphatic carbocycles. The number of carbonyl (C=O) groups is 2. The molecule has 0 radical (unpaired) electrons. The number of nitrogens with zero attached hydrogens (tertiary/aromatic N) is 1. The Morgan fingerprint density at radius 3 is 2.48 bits per heavy atom. The summed E-state index contributed by atoms with van der Waals surface area (Å²) in [6.07, 6.45) is 0.494. The zero-order chi connectivity index (χ0) is 23.6. The van der Waals surface area contributed by atoms with E-state index in [0.29, 0.717) is 18.5 Å². The molecule has 10 heteroatoms. The van der Waals surface area contributed by atoms with E-state index < -0.39 is 18.5 Å². The summed E-state index contributed by atoms with van der Waals surface area (Å²) >= 11 is 3.24. The molecule has 2 aromatic carbocycles. The fourth-order valence-corrected chi connectivity index (χ4v) is 4.28. The number of thioether (sulfide) groups is 1. The molecule has 0 atom stereocenters. The normalized spacial score (nSPS) is 10.8. The number of amides is 1. The highest BCUT2D eigenvalue weighted by Crippen LogP contribution is 2.24. The highest BCUT2D eigenvalue weighted by atomic mass is 32.2. The van der Waals surface area contributed by atoms with Gasteiger partial charge >= 0.3 is 12.6 Å². The Labute approximate surface area is 198 Å². The van der Waals surface area contributed by atoms with E-state index in [-0.39, 0.29) is 12.4 Å². The highest BCUT2D eigenvalue weighted by Gasteiger charge is 2.11. The van der Waals surface area contributed by atoms with Crippen LogP contribution in [0.4, 0.5) is 8.78 Å². The molecule has 1 heterocycles. The monoisotopic (exact) mass is 492 g/mol. The number of benzene rings is 2. The van der Waals surface area contributed by atoms with E-state index >= 15 is 0 Å². The number of carbonyl (C=O) groups excluding carboxylic acids is 2. The molecule has 6 nitrogen and oxygen atoms in total. The number of ether oxygens (including phenoxy) is 2. The smallest absolute Gasteiger partial charge is 0.387 e. The lowest BCUT2D eigenvalue weighted by atomic mass is 10.1. The van der Waals surface area contributed by atoms with Crippen molar-refractivity contribution in [2.75, 3.05) is 13.2 Å². The molecule has 0 saturated carbocycles. The molecule has 0 saturated heterocycles. The van der Waals surface area contributed by atoms with Crippen LogP contribution < -0.4 is 10.1 Å². The van der Waals surface area contributed by atoms with E-state index in [1.54, 1.807) is 47.4 Å². The first-order valence-corrected chi connectivity index (χ1v) is 11.9. The molecular formula is C23H22F2N2O4S2. The van der Waals surface area contributed by atoms with Crippen LogP contribution in [-0.2, 0) is 21.7 Å². The average Bonchev–Trinajstić information content (AvgIpc) is 3.22. The summed E-state index contributed by atoms with van der Waals surface area (Å²) < 4.78 is 33.6. The fraction of sp³-hybridized carbons (Fsp3) is 0.261. The minimum atomic E-state index is -2.87. The molecule has 33 heavy (non-hydrogen) atoms. The maximum atomic E-state index is 12.2. The third kappa shape index (κ3) is 8.47. The number of halogens is 2. The maximum absolute atomic E-state index is 12.2. The minimum Gasteiger partial charge on any atom is -0.452 e. The number of esters is 1. The number of hydrogen-bond acceptors (Lipinski definition) is 7. The molecule has 3 aromatic rings. The van der Waals surface area contributed by atoms with Crippen LogP contribution in [0.3, 0.4) is 0 Å². The summed E-state index contributed by atoms with van der Waals surface area (Å²) in [6.45, 7) is -0.975. The second-order valence-corrected chi connectivity index (χ2v) is 8.98. The topological polar surface area (TPSA) is 77.5 Å². The number of nitrogens with one attached hydrogen (secondary N) is 1. The van der Waals surface area contributed by atoms with E-state index in [4.69, 9.17) is 4.74 Å². The van der Waals surface area contributed by atoms with Gasteiger partial charge in [-0.2, -0.15) is 8.78 Å². The third-order valence-corrected chi connectivity index (χ3v) is 6.23. The first-order chi connectivity index (χ1) is 15.9. The van der Waals surface area contributed by atoms with Gasteiger partial charge in [-0.1, -0.05) is 12.1 Å². The van der Waals surface area contributed by atoms with Gasteiger partial charge in [-0.15, -0.1) is 23.1 Å². The quantitative estimate of drug-likeness (QED) is 0.304. The summed E-state index contributed by atoms with van der Waals surface area (Å²) in [6, 6.07) is 13.2. The zero-order valence-corrected chi connectivity index (χ0v) is 19.4. The Morgan fingerprint density at radius 2 is 1.85 bits per heavy atom. The summed E-state index contributed by atoms with van der Waals surface area (Å²) in [5.41, 5.74) is 2.23. The Hall–Kier alpha value is -2.98. The van der Waals surface area contributed by atoms with E-state index in [0.717, 1.165) is 26.9 Å². The second kappa shape index (κ2) is 12.3. The van der Waals surface area contributed by atoms with Gasteiger partial charge in [0.1, 0.15) is 5.75 Å². The fourth-order valence-electron chi connectivity index (χ4n) is 2.77. The van der Waals surface area contributed by atoms with Crippen molar-refractivity contribution in [3.63, 3.8) is 0 Å². The minimum absolute atomic E-state index is 0.0749. The third-order valence-electron chi connectivity index (χ3n) is 4.36. The van der Waals surface area contributed by atoms with Crippen molar-refractivity contribution < 1.29 is 27.8 Å². The molecule has 0 fully saturated rings. The number of hydrogen-bond donors (Lipinski definition) is 1. The van der Waals surface area contributed by atoms with E-state index in [2.05, 4.69) is 15.0 Å². The molecule has 0 spiro atoms. The highest BCUT2D eigenvalue weighted by molar-refractivity contribution is 7.98. The standard InChI is InChI=1S/C23H22F2N2O4S2/c1-15-27-18(13-32-15)14-33-20-8-4-17(5-9-20)22(29)30-12-21(28)26-11-10-16-2-6-19(7-3-16)31-23(24)25/h2-9,13,23H,10-12,14H2,1H3,(H,26,28). The molecule has 0 aliphatic heterocycles. The lowest BCUT2D eigenvalue weighted by Crippen LogP contribution is -2.30. The van der Waals surface area contributed by atoms with Gasteiger partial charge in [-0.25, -0.2) is 9.78 Å². The Balaban J connectivity index is 1.35. The van der Waals surface area contributed by atoms with E-state index in [1.165, 1.54) is 12.1 Å². The predicted molar refractivity (Wildman–Crippen MR) is 123 cm³/mol. The van der Waals surface area contributed by atoms with Crippen LogP contribution in [0.5, 0.6) is 5.75 Å². The Bertz CT molecular complexity index is 1060. The lowest BCUT2D eigenvalue weighted by molar-refractivity contribution is -0.124. The van der Waals surface area contributed by atoms with Crippen LogP contribution in [0.15, 0.2) is 58.8 Å². The summed E-state index contributed by atoms with van der Waals surface area (Å²) in [7, 11) is 0. The number of aryl methyl sites for hydroxylation is 1. The second-order valence-electron chi connectivity index (χ2n) is 6.87. The van der Waals surface area contributed by atoms with Crippen molar-refractivity contribution in [3.8, 4) is 5.75 Å². The van der Waals surface area contributed by atoms with Crippen LogP contribution in [0.1, 0.15) is 26.6 Å². The largest absolute Gasteiger partial charge is 0.452 e. The van der Waals surface area contributed by atoms with Crippen LogP contribution in [0.2, 0.25) is 0 Å². The molecule has 1 aromatic heterocycles. The molecule has 0 unspecified atom stereocenters. The lowest BCUT2D eigenvalue weighted by Gasteiger charge is -2.08. The van der Waals surface area contributed by atoms with Crippen LogP contribution >= 0.6 is 23.1 Å². The zero-order valence-electron chi connectivity index (χ0n) is 17.8. The van der Waals surface area contributed by atoms with Crippen LogP contribution in [-0.4, -0.2) is 36.6 Å². The van der Waals surface area contributed by atoms with Crippen molar-refractivity contribution >= 4 is 35.0 Å². The van der Waals surface area contributed by atoms with Gasteiger partial charge in [0.15, 0.2) is 6.61 Å². The van der Waals surface area contributed by atoms with Gasteiger partial charge < -0.3 is 14.8 Å². The first kappa shape index (κ1) is 24.7. The van der Waals surface area contributed by atoms with Gasteiger partial charge in [-0.3, -0.25) is 4.79 Å². The van der Waals surface area contributed by atoms with Crippen molar-refractivity contribution in [1.82, 2.24) is 10.3 Å². The average molecular weight is 493 g/mol. The van der Waals surface area contributed by atoms with E-state index in [9.17, 15) is 18.4 Å². The number of alkyl halides is 2.